The number of nitrogens with zero attached hydrogens (tertiary/aromatic N) is 1. The third-order valence-corrected chi connectivity index (χ3v) is 8.28. The minimum atomic E-state index is -2.72. The number of anilines is 1. The second kappa shape index (κ2) is 15.2. The lowest BCUT2D eigenvalue weighted by molar-refractivity contribution is 0.0704. The van der Waals surface area contributed by atoms with Gasteiger partial charge in [0.2, 0.25) is 0 Å². The van der Waals surface area contributed by atoms with E-state index in [-0.39, 0.29) is 6.61 Å². The minimum Gasteiger partial charge on any atom is -0.445 e. The van der Waals surface area contributed by atoms with Crippen molar-refractivity contribution >= 4 is 26.6 Å². The smallest absolute Gasteiger partial charge is 0.445 e. The Morgan fingerprint density at radius 1 is 0.917 bits per heavy atom. The van der Waals surface area contributed by atoms with Crippen LogP contribution in [0.25, 0.3) is 0 Å². The summed E-state index contributed by atoms with van der Waals surface area (Å²) in [5.41, 5.74) is 2.10. The average molecular weight is 519 g/mol. The Bertz CT molecular complexity index is 937. The van der Waals surface area contributed by atoms with E-state index in [1.165, 1.54) is 0 Å². The number of hydrogen-bond acceptors (Lipinski definition) is 8. The molecule has 9 nitrogen and oxygen atoms in total. The van der Waals surface area contributed by atoms with Crippen LogP contribution in [0.1, 0.15) is 43.1 Å². The van der Waals surface area contributed by atoms with Gasteiger partial charge in [-0.2, -0.15) is 0 Å². The molecule has 0 radical (unpaired) electrons. The van der Waals surface area contributed by atoms with Crippen molar-refractivity contribution in [2.75, 3.05) is 45.4 Å². The van der Waals surface area contributed by atoms with Gasteiger partial charge < -0.3 is 33.0 Å². The Morgan fingerprint density at radius 3 is 2.14 bits per heavy atom. The first kappa shape index (κ1) is 29.3. The van der Waals surface area contributed by atoms with Gasteiger partial charge in [0.1, 0.15) is 12.4 Å². The summed E-state index contributed by atoms with van der Waals surface area (Å²) in [6.07, 6.45) is 0.131. The molecule has 0 unspecified atom stereocenters. The Hall–Kier alpha value is -2.92. The number of nitrogens with one attached hydrogen (secondary N) is 1. The fourth-order valence-electron chi connectivity index (χ4n) is 3.42. The van der Waals surface area contributed by atoms with Gasteiger partial charge in [-0.25, -0.2) is 9.59 Å². The molecule has 0 bridgehead atoms. The van der Waals surface area contributed by atoms with Crippen molar-refractivity contribution in [2.45, 2.75) is 39.8 Å². The first-order valence-corrected chi connectivity index (χ1v) is 14.2. The van der Waals surface area contributed by atoms with Crippen LogP contribution in [-0.2, 0) is 24.6 Å². The molecule has 0 fully saturated rings. The fraction of sp³-hybridized carbons (Fsp3) is 0.462. The van der Waals surface area contributed by atoms with Gasteiger partial charge in [0.25, 0.3) is 0 Å². The summed E-state index contributed by atoms with van der Waals surface area (Å²) in [7, 11) is 1.12. The van der Waals surface area contributed by atoms with Crippen LogP contribution >= 0.6 is 0 Å². The molecule has 198 valence electrons. The molecule has 0 saturated carbocycles. The summed E-state index contributed by atoms with van der Waals surface area (Å²) in [5.74, 6) is 0.0147. The van der Waals surface area contributed by atoms with E-state index in [4.69, 9.17) is 22.8 Å². The number of hydrogen-bond donors (Lipinski definition) is 1. The third-order valence-electron chi connectivity index (χ3n) is 5.13. The maximum absolute atomic E-state index is 12.5. The van der Waals surface area contributed by atoms with E-state index in [0.29, 0.717) is 50.1 Å². The molecule has 0 heterocycles. The predicted octanol–water partition coefficient (Wildman–Crippen LogP) is 4.64. The lowest BCUT2D eigenvalue weighted by atomic mass is 10.1. The summed E-state index contributed by atoms with van der Waals surface area (Å²) in [6, 6.07) is 14.7. The summed E-state index contributed by atoms with van der Waals surface area (Å²) in [4.78, 5) is 26.5. The Labute approximate surface area is 215 Å². The van der Waals surface area contributed by atoms with Crippen molar-refractivity contribution in [3.05, 3.63) is 59.7 Å². The number of alkyl carbamates (subject to hydrolysis) is 1. The molecule has 2 aromatic carbocycles. The van der Waals surface area contributed by atoms with Crippen LogP contribution in [0.4, 0.5) is 10.5 Å². The van der Waals surface area contributed by atoms with Crippen LogP contribution in [0.2, 0.25) is 6.04 Å². The summed E-state index contributed by atoms with van der Waals surface area (Å²) in [6.45, 7) is 7.78. The van der Waals surface area contributed by atoms with E-state index in [9.17, 15) is 9.59 Å². The van der Waals surface area contributed by atoms with Crippen molar-refractivity contribution in [1.29, 1.82) is 0 Å². The molecule has 10 heteroatoms. The van der Waals surface area contributed by atoms with Crippen LogP contribution in [0.5, 0.6) is 5.75 Å². The summed E-state index contributed by atoms with van der Waals surface area (Å²) < 4.78 is 28.2. The summed E-state index contributed by atoms with van der Waals surface area (Å²) >= 11 is 0. The SMILES string of the molecule is CCO[Si](CCCNC(=O)OCc1ccc(C(=O)Oc2cccc(N(C)C)c2)cc1)(OCC)OCC. The van der Waals surface area contributed by atoms with E-state index in [0.717, 1.165) is 11.3 Å². The van der Waals surface area contributed by atoms with Crippen molar-refractivity contribution in [2.24, 2.45) is 0 Å². The zero-order valence-corrected chi connectivity index (χ0v) is 22.9. The Kier molecular flexibility index (Phi) is 12.4. The van der Waals surface area contributed by atoms with Gasteiger partial charge in [0, 0.05) is 58.3 Å². The molecule has 0 saturated heterocycles. The zero-order valence-electron chi connectivity index (χ0n) is 21.9. The molecule has 0 aliphatic rings. The zero-order chi connectivity index (χ0) is 26.4. The fourth-order valence-corrected chi connectivity index (χ4v) is 6.04. The molecule has 0 aliphatic heterocycles. The van der Waals surface area contributed by atoms with Crippen LogP contribution in [0, 0.1) is 0 Å². The first-order chi connectivity index (χ1) is 17.3. The molecule has 0 atom stereocenters. The highest BCUT2D eigenvalue weighted by molar-refractivity contribution is 6.60. The molecule has 0 aliphatic carbocycles. The number of benzene rings is 2. The van der Waals surface area contributed by atoms with Crippen LogP contribution < -0.4 is 15.0 Å². The first-order valence-electron chi connectivity index (χ1n) is 12.2. The molecule has 0 spiro atoms. The van der Waals surface area contributed by atoms with Gasteiger partial charge in [-0.3, -0.25) is 0 Å². The number of amides is 1. The highest BCUT2D eigenvalue weighted by Crippen LogP contribution is 2.21. The molecule has 1 amide bonds. The standard InChI is InChI=1S/C26H38N2O7Si/c1-6-32-36(33-7-2,34-8-3)18-10-17-27-26(30)31-20-21-13-15-22(16-14-21)25(29)35-24-12-9-11-23(19-24)28(4)5/h9,11-16,19H,6-8,10,17-18,20H2,1-5H3,(H,27,30). The summed E-state index contributed by atoms with van der Waals surface area (Å²) in [5, 5.41) is 2.74. The number of carbonyl (C=O) groups is 2. The second-order valence-corrected chi connectivity index (χ2v) is 10.8. The minimum absolute atomic E-state index is 0.0849. The number of rotatable bonds is 15. The monoisotopic (exact) mass is 518 g/mol. The van der Waals surface area contributed by atoms with Gasteiger partial charge in [0.05, 0.1) is 5.56 Å². The van der Waals surface area contributed by atoms with Crippen LogP contribution in [-0.4, -0.2) is 61.3 Å². The third kappa shape index (κ3) is 9.61. The van der Waals surface area contributed by atoms with Crippen LogP contribution in [0.15, 0.2) is 48.5 Å². The number of carbonyl (C=O) groups excluding carboxylic acids is 2. The molecule has 36 heavy (non-hydrogen) atoms. The van der Waals surface area contributed by atoms with Gasteiger partial charge in [-0.05, 0) is 57.0 Å². The average Bonchev–Trinajstić information content (AvgIpc) is 2.86. The Balaban J connectivity index is 1.77. The molecule has 0 aromatic heterocycles. The van der Waals surface area contributed by atoms with E-state index >= 15 is 0 Å². The maximum atomic E-state index is 12.5. The van der Waals surface area contributed by atoms with Crippen molar-refractivity contribution in [3.63, 3.8) is 0 Å². The van der Waals surface area contributed by atoms with E-state index < -0.39 is 20.9 Å². The predicted molar refractivity (Wildman–Crippen MR) is 140 cm³/mol. The maximum Gasteiger partial charge on any atom is 0.500 e. The highest BCUT2D eigenvalue weighted by Gasteiger charge is 2.39. The van der Waals surface area contributed by atoms with Crippen molar-refractivity contribution < 1.29 is 32.3 Å². The van der Waals surface area contributed by atoms with Gasteiger partial charge in [0.15, 0.2) is 0 Å². The van der Waals surface area contributed by atoms with E-state index in [2.05, 4.69) is 5.32 Å². The number of esters is 1. The molecule has 1 N–H and O–H groups in total. The topological polar surface area (TPSA) is 95.6 Å². The normalized spacial score (nSPS) is 11.1. The van der Waals surface area contributed by atoms with Gasteiger partial charge in [-0.15, -0.1) is 0 Å². The van der Waals surface area contributed by atoms with Gasteiger partial charge in [-0.1, -0.05) is 18.2 Å². The van der Waals surface area contributed by atoms with Crippen molar-refractivity contribution in [1.82, 2.24) is 5.32 Å². The lowest BCUT2D eigenvalue weighted by Gasteiger charge is -2.28. The van der Waals surface area contributed by atoms with Gasteiger partial charge >= 0.3 is 20.9 Å². The Morgan fingerprint density at radius 2 is 1.56 bits per heavy atom. The number of ether oxygens (including phenoxy) is 2. The second-order valence-electron chi connectivity index (χ2n) is 8.07. The largest absolute Gasteiger partial charge is 0.500 e. The van der Waals surface area contributed by atoms with Crippen molar-refractivity contribution in [3.8, 4) is 5.75 Å². The molecular formula is C26H38N2O7Si. The molecule has 2 rings (SSSR count). The highest BCUT2D eigenvalue weighted by atomic mass is 28.4. The van der Waals surface area contributed by atoms with E-state index in [1.807, 2.05) is 51.9 Å². The molecular weight excluding hydrogens is 480 g/mol. The van der Waals surface area contributed by atoms with E-state index in [1.54, 1.807) is 36.4 Å². The molecule has 2 aromatic rings. The van der Waals surface area contributed by atoms with Crippen LogP contribution in [0.3, 0.4) is 0 Å². The quantitative estimate of drug-likeness (QED) is 0.158. The lowest BCUT2D eigenvalue weighted by Crippen LogP contribution is -2.46.